The molecular formula is C16H33NO. The number of hydrogen-bond acceptors (Lipinski definition) is 2. The molecule has 0 aliphatic heterocycles. The van der Waals surface area contributed by atoms with Crippen molar-refractivity contribution in [1.29, 1.82) is 0 Å². The number of rotatable bonds is 8. The van der Waals surface area contributed by atoms with Crippen LogP contribution < -0.4 is 0 Å². The van der Waals surface area contributed by atoms with Gasteiger partial charge in [0.25, 0.3) is 0 Å². The van der Waals surface area contributed by atoms with Crippen molar-refractivity contribution in [3.05, 3.63) is 0 Å². The lowest BCUT2D eigenvalue weighted by Crippen LogP contribution is -2.51. The first-order valence-electron chi connectivity index (χ1n) is 7.49. The number of ketones is 1. The van der Waals surface area contributed by atoms with E-state index in [2.05, 4.69) is 53.4 Å². The van der Waals surface area contributed by atoms with Crippen LogP contribution in [0.1, 0.15) is 74.1 Å². The lowest BCUT2D eigenvalue weighted by molar-refractivity contribution is -0.130. The minimum absolute atomic E-state index is 0.263. The van der Waals surface area contributed by atoms with E-state index in [-0.39, 0.29) is 5.54 Å². The highest BCUT2D eigenvalue weighted by Crippen LogP contribution is 2.26. The third kappa shape index (κ3) is 5.09. The Bertz CT molecular complexity index is 250. The molecule has 0 amide bonds. The van der Waals surface area contributed by atoms with Gasteiger partial charge in [0.05, 0.1) is 5.54 Å². The molecule has 108 valence electrons. The molecular weight excluding hydrogens is 222 g/mol. The van der Waals surface area contributed by atoms with Crippen molar-refractivity contribution in [2.45, 2.75) is 79.7 Å². The highest BCUT2D eigenvalue weighted by molar-refractivity contribution is 5.87. The first kappa shape index (κ1) is 17.6. The largest absolute Gasteiger partial charge is 0.298 e. The van der Waals surface area contributed by atoms with Crippen molar-refractivity contribution in [3.8, 4) is 0 Å². The second-order valence-electron chi connectivity index (χ2n) is 6.64. The van der Waals surface area contributed by atoms with Gasteiger partial charge in [-0.2, -0.15) is 0 Å². The summed E-state index contributed by atoms with van der Waals surface area (Å²) in [4.78, 5) is 14.8. The summed E-state index contributed by atoms with van der Waals surface area (Å²) in [6.45, 7) is 17.1. The van der Waals surface area contributed by atoms with Crippen LogP contribution in [-0.4, -0.2) is 29.3 Å². The fourth-order valence-electron chi connectivity index (χ4n) is 2.57. The van der Waals surface area contributed by atoms with E-state index in [0.29, 0.717) is 11.2 Å². The van der Waals surface area contributed by atoms with Crippen LogP contribution >= 0.6 is 0 Å². The molecule has 0 heterocycles. The van der Waals surface area contributed by atoms with E-state index in [1.165, 1.54) is 0 Å². The molecule has 0 saturated carbocycles. The molecule has 1 atom stereocenters. The zero-order valence-corrected chi connectivity index (χ0v) is 13.6. The minimum atomic E-state index is -0.263. The Morgan fingerprint density at radius 2 is 1.50 bits per heavy atom. The molecule has 0 aliphatic rings. The molecule has 0 saturated heterocycles. The molecule has 0 aliphatic carbocycles. The fourth-order valence-corrected chi connectivity index (χ4v) is 2.57. The standard InChI is InChI=1S/C16H33NO/c1-8-16(7,17(9-2)10-3)14(18)12-11-13-15(4,5)6/h8-13H2,1-7H3. The number of nitrogens with zero attached hydrogens (tertiary/aromatic N) is 1. The van der Waals surface area contributed by atoms with E-state index < -0.39 is 0 Å². The van der Waals surface area contributed by atoms with Crippen LogP contribution in [0.4, 0.5) is 0 Å². The Morgan fingerprint density at radius 1 is 1.00 bits per heavy atom. The summed E-state index contributed by atoms with van der Waals surface area (Å²) in [5.74, 6) is 0.415. The molecule has 0 N–H and O–H groups in total. The topological polar surface area (TPSA) is 20.3 Å². The lowest BCUT2D eigenvalue weighted by Gasteiger charge is -2.38. The van der Waals surface area contributed by atoms with Gasteiger partial charge in [-0.25, -0.2) is 0 Å². The molecule has 0 spiro atoms. The number of carbonyl (C=O) groups is 1. The maximum absolute atomic E-state index is 12.5. The molecule has 0 aromatic carbocycles. The highest BCUT2D eigenvalue weighted by atomic mass is 16.1. The zero-order valence-electron chi connectivity index (χ0n) is 13.6. The minimum Gasteiger partial charge on any atom is -0.298 e. The molecule has 2 nitrogen and oxygen atoms in total. The van der Waals surface area contributed by atoms with Gasteiger partial charge in [-0.3, -0.25) is 9.69 Å². The normalized spacial score (nSPS) is 15.8. The van der Waals surface area contributed by atoms with Crippen LogP contribution in [-0.2, 0) is 4.79 Å². The molecule has 0 aromatic heterocycles. The first-order chi connectivity index (χ1) is 8.21. The van der Waals surface area contributed by atoms with E-state index in [4.69, 9.17) is 0 Å². The van der Waals surface area contributed by atoms with E-state index in [1.54, 1.807) is 0 Å². The molecule has 0 bridgehead atoms. The number of hydrogen-bond donors (Lipinski definition) is 0. The quantitative estimate of drug-likeness (QED) is 0.645. The first-order valence-corrected chi connectivity index (χ1v) is 7.49. The summed E-state index contributed by atoms with van der Waals surface area (Å²) in [5, 5.41) is 0. The molecule has 0 radical (unpaired) electrons. The van der Waals surface area contributed by atoms with Crippen LogP contribution in [0.2, 0.25) is 0 Å². The molecule has 2 heteroatoms. The Kier molecular flexibility index (Phi) is 7.13. The van der Waals surface area contributed by atoms with Crippen LogP contribution in [0.3, 0.4) is 0 Å². The van der Waals surface area contributed by atoms with Crippen molar-refractivity contribution in [3.63, 3.8) is 0 Å². The van der Waals surface area contributed by atoms with E-state index in [1.807, 2.05) is 0 Å². The summed E-state index contributed by atoms with van der Waals surface area (Å²) in [7, 11) is 0. The van der Waals surface area contributed by atoms with Crippen molar-refractivity contribution >= 4 is 5.78 Å². The van der Waals surface area contributed by atoms with Gasteiger partial charge in [0.2, 0.25) is 0 Å². The van der Waals surface area contributed by atoms with Crippen molar-refractivity contribution < 1.29 is 4.79 Å². The van der Waals surface area contributed by atoms with E-state index in [9.17, 15) is 4.79 Å². The summed E-state index contributed by atoms with van der Waals surface area (Å²) in [6, 6.07) is 0. The SMILES string of the molecule is CCN(CC)C(C)(CC)C(=O)CCCC(C)(C)C. The van der Waals surface area contributed by atoms with E-state index in [0.717, 1.165) is 38.8 Å². The van der Waals surface area contributed by atoms with Gasteiger partial charge in [-0.15, -0.1) is 0 Å². The predicted octanol–water partition coefficient (Wildman–Crippen LogP) is 4.28. The van der Waals surface area contributed by atoms with Gasteiger partial charge < -0.3 is 0 Å². The lowest BCUT2D eigenvalue weighted by atomic mass is 9.84. The smallest absolute Gasteiger partial charge is 0.152 e. The highest BCUT2D eigenvalue weighted by Gasteiger charge is 2.35. The number of Topliss-reactive ketones (excluding diaryl/α,β-unsaturated/α-hetero) is 1. The Hall–Kier alpha value is -0.370. The number of likely N-dealkylation sites (N-methyl/N-ethyl adjacent to an activating group) is 1. The summed E-state index contributed by atoms with van der Waals surface area (Å²) in [5.41, 5.74) is 0.0689. The van der Waals surface area contributed by atoms with Gasteiger partial charge in [0, 0.05) is 6.42 Å². The van der Waals surface area contributed by atoms with Crippen LogP contribution in [0.5, 0.6) is 0 Å². The molecule has 0 rings (SSSR count). The second-order valence-corrected chi connectivity index (χ2v) is 6.64. The third-order valence-corrected chi connectivity index (χ3v) is 4.08. The Labute approximate surface area is 114 Å². The maximum atomic E-state index is 12.5. The van der Waals surface area contributed by atoms with E-state index >= 15 is 0 Å². The molecule has 1 unspecified atom stereocenters. The van der Waals surface area contributed by atoms with Crippen LogP contribution in [0.25, 0.3) is 0 Å². The van der Waals surface area contributed by atoms with Gasteiger partial charge in [-0.1, -0.05) is 41.5 Å². The Balaban J connectivity index is 4.52. The third-order valence-electron chi connectivity index (χ3n) is 4.08. The average Bonchev–Trinajstić information content (AvgIpc) is 2.28. The van der Waals surface area contributed by atoms with Gasteiger partial charge >= 0.3 is 0 Å². The second kappa shape index (κ2) is 7.28. The maximum Gasteiger partial charge on any atom is 0.152 e. The van der Waals surface area contributed by atoms with Gasteiger partial charge in [-0.05, 0) is 44.7 Å². The molecule has 18 heavy (non-hydrogen) atoms. The zero-order chi connectivity index (χ0) is 14.4. The molecule has 0 fully saturated rings. The summed E-state index contributed by atoms with van der Waals surface area (Å²) >= 11 is 0. The molecule has 0 aromatic rings. The van der Waals surface area contributed by atoms with Gasteiger partial charge in [0.15, 0.2) is 5.78 Å². The fraction of sp³-hybridized carbons (Fsp3) is 0.938. The summed E-state index contributed by atoms with van der Waals surface area (Å²) < 4.78 is 0. The van der Waals surface area contributed by atoms with Crippen molar-refractivity contribution in [1.82, 2.24) is 4.90 Å². The van der Waals surface area contributed by atoms with Gasteiger partial charge in [0.1, 0.15) is 0 Å². The van der Waals surface area contributed by atoms with Crippen LogP contribution in [0.15, 0.2) is 0 Å². The summed E-state index contributed by atoms with van der Waals surface area (Å²) in [6.07, 6.45) is 3.76. The van der Waals surface area contributed by atoms with Crippen LogP contribution in [0, 0.1) is 5.41 Å². The monoisotopic (exact) mass is 255 g/mol. The Morgan fingerprint density at radius 3 is 1.83 bits per heavy atom. The van der Waals surface area contributed by atoms with Crippen molar-refractivity contribution in [2.75, 3.05) is 13.1 Å². The predicted molar refractivity (Wildman–Crippen MR) is 79.9 cm³/mol. The number of carbonyl (C=O) groups excluding carboxylic acids is 1. The average molecular weight is 255 g/mol. The van der Waals surface area contributed by atoms with Crippen molar-refractivity contribution in [2.24, 2.45) is 5.41 Å².